The summed E-state index contributed by atoms with van der Waals surface area (Å²) in [6, 6.07) is 3.56. The zero-order valence-corrected chi connectivity index (χ0v) is 12.1. The van der Waals surface area contributed by atoms with Crippen LogP contribution in [0.5, 0.6) is 0 Å². The maximum absolute atomic E-state index is 12.1. The summed E-state index contributed by atoms with van der Waals surface area (Å²) < 4.78 is 1.63. The normalized spacial score (nSPS) is 9.95. The van der Waals surface area contributed by atoms with Crippen LogP contribution in [0.15, 0.2) is 17.5 Å². The van der Waals surface area contributed by atoms with Crippen molar-refractivity contribution in [2.24, 2.45) is 7.05 Å². The van der Waals surface area contributed by atoms with Gasteiger partial charge in [-0.25, -0.2) is 0 Å². The molecule has 0 unspecified atom stereocenters. The number of aliphatic hydroxyl groups excluding tert-OH is 1. The first-order valence-corrected chi connectivity index (χ1v) is 6.98. The molecule has 0 aliphatic carbocycles. The molecule has 0 aliphatic rings. The molecule has 1 amide bonds. The van der Waals surface area contributed by atoms with Gasteiger partial charge in [-0.15, -0.1) is 11.3 Å². The Bertz CT molecular complexity index is 676. The lowest BCUT2D eigenvalue weighted by Crippen LogP contribution is -2.13. The van der Waals surface area contributed by atoms with Crippen LogP contribution in [0.4, 0.5) is 5.82 Å². The van der Waals surface area contributed by atoms with Gasteiger partial charge in [-0.05, 0) is 13.0 Å². The molecule has 0 atom stereocenters. The van der Waals surface area contributed by atoms with Crippen molar-refractivity contribution in [2.45, 2.75) is 13.3 Å². The molecular weight excluding hydrogens is 274 g/mol. The van der Waals surface area contributed by atoms with Crippen LogP contribution in [0.3, 0.4) is 0 Å². The number of aromatic nitrogens is 2. The van der Waals surface area contributed by atoms with Gasteiger partial charge >= 0.3 is 0 Å². The van der Waals surface area contributed by atoms with Crippen molar-refractivity contribution in [1.29, 1.82) is 0 Å². The van der Waals surface area contributed by atoms with Gasteiger partial charge in [0.25, 0.3) is 5.91 Å². The fraction of sp³-hybridized carbons (Fsp3) is 0.286. The number of hydrogen-bond donors (Lipinski definition) is 2. The number of carbonyl (C=O) groups excluding carboxylic acids is 1. The van der Waals surface area contributed by atoms with Crippen molar-refractivity contribution < 1.29 is 9.90 Å². The van der Waals surface area contributed by atoms with Gasteiger partial charge < -0.3 is 10.4 Å². The minimum Gasteiger partial charge on any atom is -0.395 e. The zero-order chi connectivity index (χ0) is 14.5. The highest BCUT2D eigenvalue weighted by Crippen LogP contribution is 2.16. The second-order valence-corrected chi connectivity index (χ2v) is 5.13. The zero-order valence-electron chi connectivity index (χ0n) is 11.3. The van der Waals surface area contributed by atoms with E-state index in [9.17, 15) is 4.79 Å². The maximum Gasteiger partial charge on any atom is 0.257 e. The first-order valence-electron chi connectivity index (χ1n) is 6.10. The summed E-state index contributed by atoms with van der Waals surface area (Å²) in [6.07, 6.45) is 0.438. The smallest absolute Gasteiger partial charge is 0.257 e. The molecule has 2 aromatic rings. The summed E-state index contributed by atoms with van der Waals surface area (Å²) >= 11 is 1.41. The Hall–Kier alpha value is -2.10. The van der Waals surface area contributed by atoms with Crippen LogP contribution in [0, 0.1) is 18.8 Å². The Morgan fingerprint density at radius 3 is 3.00 bits per heavy atom. The third-order valence-corrected chi connectivity index (χ3v) is 3.40. The molecule has 2 aromatic heterocycles. The van der Waals surface area contributed by atoms with Gasteiger partial charge in [-0.1, -0.05) is 11.8 Å². The number of hydrogen-bond acceptors (Lipinski definition) is 4. The molecule has 0 aromatic carbocycles. The van der Waals surface area contributed by atoms with Crippen LogP contribution in [0.2, 0.25) is 0 Å². The van der Waals surface area contributed by atoms with E-state index >= 15 is 0 Å². The molecule has 0 aliphatic heterocycles. The summed E-state index contributed by atoms with van der Waals surface area (Å²) in [5.41, 5.74) is 1.42. The van der Waals surface area contributed by atoms with Gasteiger partial charge in [-0.3, -0.25) is 9.48 Å². The van der Waals surface area contributed by atoms with Crippen LogP contribution >= 0.6 is 11.3 Å². The Labute approximate surface area is 121 Å². The second kappa shape index (κ2) is 6.37. The van der Waals surface area contributed by atoms with E-state index in [4.69, 9.17) is 5.11 Å². The summed E-state index contributed by atoms with van der Waals surface area (Å²) in [5, 5.41) is 17.4. The Kier molecular flexibility index (Phi) is 4.56. The van der Waals surface area contributed by atoms with Crippen LogP contribution in [0.1, 0.15) is 27.3 Å². The predicted molar refractivity (Wildman–Crippen MR) is 78.8 cm³/mol. The summed E-state index contributed by atoms with van der Waals surface area (Å²) in [4.78, 5) is 12.9. The van der Waals surface area contributed by atoms with Crippen LogP contribution in [0.25, 0.3) is 0 Å². The average molecular weight is 289 g/mol. The molecule has 0 bridgehead atoms. The standard InChI is InChI=1S/C14H15N3O2S/c1-10-7-13(17(2)16-10)15-14(19)11-8-12(20-9-11)5-3-4-6-18/h7-9,18H,4,6H2,1-2H3,(H,15,19). The first kappa shape index (κ1) is 14.3. The number of thiophene rings is 1. The van der Waals surface area contributed by atoms with Gasteiger partial charge in [0.1, 0.15) is 5.82 Å². The Morgan fingerprint density at radius 2 is 2.35 bits per heavy atom. The van der Waals surface area contributed by atoms with Crippen molar-refractivity contribution in [3.63, 3.8) is 0 Å². The molecule has 0 spiro atoms. The SMILES string of the molecule is Cc1cc(NC(=O)c2csc(C#CCCO)c2)n(C)n1. The van der Waals surface area contributed by atoms with Crippen molar-refractivity contribution in [3.05, 3.63) is 33.6 Å². The van der Waals surface area contributed by atoms with Crippen LogP contribution in [-0.2, 0) is 7.05 Å². The summed E-state index contributed by atoms with van der Waals surface area (Å²) in [5.74, 6) is 6.22. The number of aryl methyl sites for hydroxylation is 2. The van der Waals surface area contributed by atoms with Crippen LogP contribution < -0.4 is 5.32 Å². The number of amides is 1. The molecule has 0 saturated heterocycles. The maximum atomic E-state index is 12.1. The lowest BCUT2D eigenvalue weighted by molar-refractivity contribution is 0.102. The van der Waals surface area contributed by atoms with E-state index in [1.807, 2.05) is 13.0 Å². The van der Waals surface area contributed by atoms with E-state index in [1.54, 1.807) is 23.2 Å². The van der Waals surface area contributed by atoms with Crippen molar-refractivity contribution in [2.75, 3.05) is 11.9 Å². The first-order chi connectivity index (χ1) is 9.60. The quantitative estimate of drug-likeness (QED) is 0.846. The predicted octanol–water partition coefficient (Wildman–Crippen LogP) is 1.78. The molecule has 0 saturated carbocycles. The Morgan fingerprint density at radius 1 is 1.55 bits per heavy atom. The van der Waals surface area contributed by atoms with E-state index in [0.29, 0.717) is 17.8 Å². The highest BCUT2D eigenvalue weighted by Gasteiger charge is 2.11. The van der Waals surface area contributed by atoms with E-state index < -0.39 is 0 Å². The minimum absolute atomic E-state index is 0.0472. The largest absolute Gasteiger partial charge is 0.395 e. The molecule has 5 nitrogen and oxygen atoms in total. The Balaban J connectivity index is 2.07. The van der Waals surface area contributed by atoms with Crippen molar-refractivity contribution in [3.8, 4) is 11.8 Å². The van der Waals surface area contributed by atoms with Gasteiger partial charge in [0.2, 0.25) is 0 Å². The van der Waals surface area contributed by atoms with Gasteiger partial charge in [0, 0.05) is 24.9 Å². The number of nitrogens with one attached hydrogen (secondary N) is 1. The third kappa shape index (κ3) is 3.47. The fourth-order valence-electron chi connectivity index (χ4n) is 1.64. The number of carbonyl (C=O) groups is 1. The van der Waals surface area contributed by atoms with E-state index in [0.717, 1.165) is 10.6 Å². The third-order valence-electron chi connectivity index (χ3n) is 2.55. The van der Waals surface area contributed by atoms with E-state index in [1.165, 1.54) is 11.3 Å². The van der Waals surface area contributed by atoms with Gasteiger partial charge in [0.05, 0.1) is 22.7 Å². The van der Waals surface area contributed by atoms with Crippen LogP contribution in [-0.4, -0.2) is 27.4 Å². The lowest BCUT2D eigenvalue weighted by atomic mass is 10.3. The lowest BCUT2D eigenvalue weighted by Gasteiger charge is -2.02. The number of aliphatic hydroxyl groups is 1. The molecule has 2 rings (SSSR count). The van der Waals surface area contributed by atoms with E-state index in [-0.39, 0.29) is 12.5 Å². The second-order valence-electron chi connectivity index (χ2n) is 4.22. The highest BCUT2D eigenvalue weighted by molar-refractivity contribution is 7.10. The monoisotopic (exact) mass is 289 g/mol. The molecule has 6 heteroatoms. The van der Waals surface area contributed by atoms with Crippen molar-refractivity contribution >= 4 is 23.1 Å². The molecule has 0 fully saturated rings. The van der Waals surface area contributed by atoms with Gasteiger partial charge in [0.15, 0.2) is 0 Å². The molecule has 104 valence electrons. The number of rotatable bonds is 3. The summed E-state index contributed by atoms with van der Waals surface area (Å²) in [6.45, 7) is 1.92. The fourth-order valence-corrected chi connectivity index (χ4v) is 2.40. The highest BCUT2D eigenvalue weighted by atomic mass is 32.1. The van der Waals surface area contributed by atoms with E-state index in [2.05, 4.69) is 22.3 Å². The molecular formula is C14H15N3O2S. The number of nitrogens with zero attached hydrogens (tertiary/aromatic N) is 2. The molecule has 2 heterocycles. The topological polar surface area (TPSA) is 67.2 Å². The number of anilines is 1. The molecule has 20 heavy (non-hydrogen) atoms. The van der Waals surface area contributed by atoms with Gasteiger partial charge in [-0.2, -0.15) is 5.10 Å². The minimum atomic E-state index is -0.181. The average Bonchev–Trinajstić information content (AvgIpc) is 2.97. The molecule has 0 radical (unpaired) electrons. The van der Waals surface area contributed by atoms with Crippen molar-refractivity contribution in [1.82, 2.24) is 9.78 Å². The summed E-state index contributed by atoms with van der Waals surface area (Å²) in [7, 11) is 1.78. The molecule has 2 N–H and O–H groups in total.